The largest absolute Gasteiger partial charge is 0.451 e. The molecule has 238 valence electrons. The van der Waals surface area contributed by atoms with Crippen LogP contribution in [0.5, 0.6) is 0 Å². The molecule has 12 nitrogen and oxygen atoms in total. The molecule has 3 N–H and O–H groups in total. The zero-order valence-corrected chi connectivity index (χ0v) is 25.4. The Bertz CT molecular complexity index is 1690. The van der Waals surface area contributed by atoms with E-state index in [1.165, 1.54) is 12.4 Å². The normalized spacial score (nSPS) is 19.0. The highest BCUT2D eigenvalue weighted by Gasteiger charge is 2.48. The van der Waals surface area contributed by atoms with Gasteiger partial charge in [-0.15, -0.1) is 0 Å². The number of H-pyrrole nitrogens is 1. The minimum absolute atomic E-state index is 0.0615. The van der Waals surface area contributed by atoms with Crippen molar-refractivity contribution in [2.75, 3.05) is 26.2 Å². The van der Waals surface area contributed by atoms with Crippen molar-refractivity contribution in [1.29, 1.82) is 5.26 Å². The third kappa shape index (κ3) is 6.41. The molecule has 0 amide bonds. The Morgan fingerprint density at radius 3 is 2.62 bits per heavy atom. The molecule has 0 aromatic carbocycles. The molecule has 0 bridgehead atoms. The summed E-state index contributed by atoms with van der Waals surface area (Å²) < 4.78 is 42.7. The number of aromatic nitrogens is 7. The van der Waals surface area contributed by atoms with Crippen LogP contribution in [0.2, 0.25) is 0 Å². The molecule has 2 saturated heterocycles. The fraction of sp³-hybridized carbons (Fsp3) is 0.533. The second kappa shape index (κ2) is 11.8. The molecule has 0 aliphatic carbocycles. The predicted molar refractivity (Wildman–Crippen MR) is 158 cm³/mol. The summed E-state index contributed by atoms with van der Waals surface area (Å²) in [5.74, 6) is -1.26. The van der Waals surface area contributed by atoms with Gasteiger partial charge in [0.25, 0.3) is 0 Å². The summed E-state index contributed by atoms with van der Waals surface area (Å²) in [6.07, 6.45) is 2.73. The summed E-state index contributed by atoms with van der Waals surface area (Å²) in [6.45, 7) is 8.11. The predicted octanol–water partition coefficient (Wildman–Crippen LogP) is 3.60. The van der Waals surface area contributed by atoms with Crippen LogP contribution in [0.3, 0.4) is 0 Å². The number of aromatic amines is 1. The van der Waals surface area contributed by atoms with Gasteiger partial charge < -0.3 is 15.4 Å². The zero-order valence-electron chi connectivity index (χ0n) is 25.4. The van der Waals surface area contributed by atoms with E-state index in [9.17, 15) is 23.5 Å². The molecule has 4 aromatic rings. The van der Waals surface area contributed by atoms with Crippen molar-refractivity contribution in [3.63, 3.8) is 0 Å². The third-order valence-electron chi connectivity index (χ3n) is 8.58. The highest BCUT2D eigenvalue weighted by atomic mass is 19.4. The van der Waals surface area contributed by atoms with Gasteiger partial charge in [-0.05, 0) is 45.7 Å². The van der Waals surface area contributed by atoms with Crippen LogP contribution in [-0.2, 0) is 18.3 Å². The van der Waals surface area contributed by atoms with Crippen LogP contribution in [0.1, 0.15) is 63.5 Å². The van der Waals surface area contributed by atoms with E-state index in [1.807, 2.05) is 43.9 Å². The molecule has 0 spiro atoms. The zero-order chi connectivity index (χ0) is 32.0. The standard InChI is InChI=1S/C30H36F3N11O/c1-28(2,3)38-14-20-12-23(41-27(40-20)30(31,32)33)26(45)42-10-5-21(6-11-42)43-16-29(17-43,7-8-34)44-15-19(13-39-44)24-22-4-9-35-25(22)37-18-36-24/h4,9,12-13,15,18,21,26,38,45H,5-7,10-11,14,16-17H2,1-3H3,(H,35,36,37). The number of fused-ring (bicyclic) bond motifs is 1. The van der Waals surface area contributed by atoms with Crippen LogP contribution < -0.4 is 5.32 Å². The Balaban J connectivity index is 1.11. The fourth-order valence-corrected chi connectivity index (χ4v) is 6.17. The van der Waals surface area contributed by atoms with Gasteiger partial charge in [0, 0.05) is 67.6 Å². The molecular formula is C30H36F3N11O. The number of nitrogens with zero attached hydrogens (tertiary/aromatic N) is 9. The second-order valence-corrected chi connectivity index (χ2v) is 12.9. The van der Waals surface area contributed by atoms with Crippen LogP contribution >= 0.6 is 0 Å². The second-order valence-electron chi connectivity index (χ2n) is 12.9. The molecule has 2 aliphatic heterocycles. The number of aliphatic hydroxyl groups is 1. The van der Waals surface area contributed by atoms with E-state index in [0.717, 1.165) is 22.3 Å². The summed E-state index contributed by atoms with van der Waals surface area (Å²) in [7, 11) is 0. The first kappa shape index (κ1) is 31.0. The molecule has 1 atom stereocenters. The van der Waals surface area contributed by atoms with Crippen LogP contribution in [0.4, 0.5) is 13.2 Å². The van der Waals surface area contributed by atoms with Gasteiger partial charge in [-0.1, -0.05) is 0 Å². The summed E-state index contributed by atoms with van der Waals surface area (Å²) >= 11 is 0. The first-order valence-electron chi connectivity index (χ1n) is 14.9. The topological polar surface area (TPSA) is 148 Å². The SMILES string of the molecule is CC(C)(C)NCc1cc(C(O)N2CCC(N3CC(CC#N)(n4cc(-c5ncnc6[nH]ccc56)cn4)C3)CC2)nc(C(F)(F)F)n1. The molecular weight excluding hydrogens is 587 g/mol. The number of likely N-dealkylation sites (tertiary alicyclic amines) is 2. The van der Waals surface area contributed by atoms with Crippen molar-refractivity contribution in [1.82, 2.24) is 49.8 Å². The Labute approximate surface area is 258 Å². The minimum Gasteiger partial charge on any atom is -0.372 e. The minimum atomic E-state index is -4.73. The lowest BCUT2D eigenvalue weighted by Crippen LogP contribution is -2.66. The molecule has 2 fully saturated rings. The first-order valence-corrected chi connectivity index (χ1v) is 14.9. The molecule has 0 radical (unpaired) electrons. The molecule has 6 rings (SSSR count). The Morgan fingerprint density at radius 1 is 1.18 bits per heavy atom. The van der Waals surface area contributed by atoms with Crippen LogP contribution in [0, 0.1) is 11.3 Å². The van der Waals surface area contributed by atoms with E-state index in [0.29, 0.717) is 45.4 Å². The maximum absolute atomic E-state index is 13.6. The molecule has 4 aromatic heterocycles. The van der Waals surface area contributed by atoms with Gasteiger partial charge in [-0.3, -0.25) is 14.5 Å². The number of alkyl halides is 3. The summed E-state index contributed by atoms with van der Waals surface area (Å²) in [4.78, 5) is 23.3. The van der Waals surface area contributed by atoms with E-state index in [-0.39, 0.29) is 29.5 Å². The van der Waals surface area contributed by atoms with Crippen molar-refractivity contribution in [3.8, 4) is 17.3 Å². The Morgan fingerprint density at radius 2 is 1.93 bits per heavy atom. The highest BCUT2D eigenvalue weighted by Crippen LogP contribution is 2.38. The van der Waals surface area contributed by atoms with Crippen molar-refractivity contribution in [2.24, 2.45) is 0 Å². The number of piperidine rings is 1. The maximum Gasteiger partial charge on any atom is 0.451 e. The van der Waals surface area contributed by atoms with Crippen LogP contribution in [-0.4, -0.2) is 87.4 Å². The highest BCUT2D eigenvalue weighted by molar-refractivity contribution is 5.90. The van der Waals surface area contributed by atoms with Gasteiger partial charge in [0.05, 0.1) is 35.8 Å². The van der Waals surface area contributed by atoms with Gasteiger partial charge >= 0.3 is 6.18 Å². The monoisotopic (exact) mass is 623 g/mol. The van der Waals surface area contributed by atoms with E-state index in [1.54, 1.807) is 11.1 Å². The Hall–Kier alpha value is -3.97. The van der Waals surface area contributed by atoms with Gasteiger partial charge in [0.15, 0.2) is 6.23 Å². The van der Waals surface area contributed by atoms with Gasteiger partial charge in [0.1, 0.15) is 17.5 Å². The third-order valence-corrected chi connectivity index (χ3v) is 8.58. The number of aliphatic hydroxyl groups excluding tert-OH is 1. The average Bonchev–Trinajstić information content (AvgIpc) is 3.67. The van der Waals surface area contributed by atoms with Crippen LogP contribution in [0.25, 0.3) is 22.3 Å². The summed E-state index contributed by atoms with van der Waals surface area (Å²) in [6, 6.07) is 5.90. The number of hydrogen-bond donors (Lipinski definition) is 3. The smallest absolute Gasteiger partial charge is 0.372 e. The average molecular weight is 624 g/mol. The summed E-state index contributed by atoms with van der Waals surface area (Å²) in [5, 5.41) is 29.5. The number of nitriles is 1. The van der Waals surface area contributed by atoms with Gasteiger partial charge in [-0.25, -0.2) is 19.9 Å². The molecule has 45 heavy (non-hydrogen) atoms. The summed E-state index contributed by atoms with van der Waals surface area (Å²) in [5.41, 5.74) is 1.67. The van der Waals surface area contributed by atoms with E-state index >= 15 is 0 Å². The lowest BCUT2D eigenvalue weighted by Gasteiger charge is -2.53. The van der Waals surface area contributed by atoms with E-state index in [4.69, 9.17) is 0 Å². The van der Waals surface area contributed by atoms with Gasteiger partial charge in [-0.2, -0.15) is 23.5 Å². The Kier molecular flexibility index (Phi) is 8.10. The van der Waals surface area contributed by atoms with E-state index < -0.39 is 23.8 Å². The number of nitrogens with one attached hydrogen (secondary N) is 2. The number of rotatable bonds is 8. The molecule has 6 heterocycles. The van der Waals surface area contributed by atoms with Gasteiger partial charge in [0.2, 0.25) is 5.82 Å². The molecule has 15 heteroatoms. The molecule has 2 aliphatic rings. The quantitative estimate of drug-likeness (QED) is 0.266. The van der Waals surface area contributed by atoms with Crippen molar-refractivity contribution < 1.29 is 18.3 Å². The van der Waals surface area contributed by atoms with Crippen molar-refractivity contribution in [2.45, 2.75) is 76.1 Å². The number of hydrogen-bond acceptors (Lipinski definition) is 10. The number of halogens is 3. The first-order chi connectivity index (χ1) is 21.3. The van der Waals surface area contributed by atoms with Crippen molar-refractivity contribution in [3.05, 3.63) is 54.3 Å². The molecule has 0 saturated carbocycles. The maximum atomic E-state index is 13.6. The lowest BCUT2D eigenvalue weighted by atomic mass is 9.83. The van der Waals surface area contributed by atoms with Crippen molar-refractivity contribution >= 4 is 11.0 Å². The van der Waals surface area contributed by atoms with E-state index in [2.05, 4.69) is 46.3 Å². The van der Waals surface area contributed by atoms with Crippen LogP contribution in [0.15, 0.2) is 37.1 Å². The lowest BCUT2D eigenvalue weighted by molar-refractivity contribution is -0.145. The molecule has 1 unspecified atom stereocenters. The fourth-order valence-electron chi connectivity index (χ4n) is 6.17.